The second-order valence-electron chi connectivity index (χ2n) is 6.33. The first-order valence-electron chi connectivity index (χ1n) is 8.81. The molecular formula is C21H20FN3O2S. The van der Waals surface area contributed by atoms with Gasteiger partial charge in [0.05, 0.1) is 18.2 Å². The van der Waals surface area contributed by atoms with Gasteiger partial charge in [-0.15, -0.1) is 0 Å². The standard InChI is InChI=1S/C21H20FN3O2S/c1-14(16-5-3-2-4-6-16)23-19(26)11-18-12-20(27)25-21(24-18)28-13-15-7-9-17(22)10-8-15/h2-10,12,14H,11,13H2,1H3,(H,23,26)(H,24,25,27)/t14-/m1/s1. The van der Waals surface area contributed by atoms with Crippen LogP contribution in [0.1, 0.15) is 29.8 Å². The maximum absolute atomic E-state index is 13.0. The molecular weight excluding hydrogens is 377 g/mol. The number of carbonyl (C=O) groups is 1. The van der Waals surface area contributed by atoms with Crippen LogP contribution in [0, 0.1) is 5.82 Å². The summed E-state index contributed by atoms with van der Waals surface area (Å²) in [5, 5.41) is 3.34. The van der Waals surface area contributed by atoms with Crippen molar-refractivity contribution in [3.05, 3.63) is 93.7 Å². The number of benzene rings is 2. The molecule has 0 fully saturated rings. The van der Waals surface area contributed by atoms with E-state index in [1.807, 2.05) is 37.3 Å². The first-order chi connectivity index (χ1) is 13.5. The lowest BCUT2D eigenvalue weighted by molar-refractivity contribution is -0.121. The second kappa shape index (κ2) is 9.32. The van der Waals surface area contributed by atoms with Gasteiger partial charge < -0.3 is 10.3 Å². The van der Waals surface area contributed by atoms with Crippen LogP contribution in [0.3, 0.4) is 0 Å². The fraction of sp³-hybridized carbons (Fsp3) is 0.190. The van der Waals surface area contributed by atoms with Gasteiger partial charge >= 0.3 is 0 Å². The van der Waals surface area contributed by atoms with Crippen LogP contribution in [0.5, 0.6) is 0 Å². The molecule has 0 aliphatic rings. The zero-order valence-corrected chi connectivity index (χ0v) is 16.1. The molecule has 0 radical (unpaired) electrons. The molecule has 2 N–H and O–H groups in total. The molecule has 1 aromatic heterocycles. The summed E-state index contributed by atoms with van der Waals surface area (Å²) in [5.41, 5.74) is 2.01. The van der Waals surface area contributed by atoms with Crippen LogP contribution >= 0.6 is 11.8 Å². The SMILES string of the molecule is C[C@@H](NC(=O)Cc1cc(=O)[nH]c(SCc2ccc(F)cc2)n1)c1ccccc1. The number of thioether (sulfide) groups is 1. The van der Waals surface area contributed by atoms with Crippen molar-refractivity contribution in [2.45, 2.75) is 30.3 Å². The Hall–Kier alpha value is -2.93. The van der Waals surface area contributed by atoms with E-state index >= 15 is 0 Å². The van der Waals surface area contributed by atoms with E-state index in [2.05, 4.69) is 15.3 Å². The second-order valence-corrected chi connectivity index (χ2v) is 7.30. The van der Waals surface area contributed by atoms with Crippen molar-refractivity contribution in [3.8, 4) is 0 Å². The highest BCUT2D eigenvalue weighted by Gasteiger charge is 2.12. The lowest BCUT2D eigenvalue weighted by Gasteiger charge is -2.14. The van der Waals surface area contributed by atoms with Gasteiger partial charge in [-0.05, 0) is 30.2 Å². The number of aromatic nitrogens is 2. The Morgan fingerprint density at radius 1 is 1.18 bits per heavy atom. The lowest BCUT2D eigenvalue weighted by Crippen LogP contribution is -2.29. The zero-order valence-electron chi connectivity index (χ0n) is 15.3. The number of nitrogens with zero attached hydrogens (tertiary/aromatic N) is 1. The normalized spacial score (nSPS) is 11.8. The lowest BCUT2D eigenvalue weighted by atomic mass is 10.1. The summed E-state index contributed by atoms with van der Waals surface area (Å²) in [6.07, 6.45) is 0.0190. The average Bonchev–Trinajstić information content (AvgIpc) is 2.67. The van der Waals surface area contributed by atoms with Crippen LogP contribution in [0.25, 0.3) is 0 Å². The van der Waals surface area contributed by atoms with Gasteiger partial charge in [0.1, 0.15) is 5.82 Å². The van der Waals surface area contributed by atoms with Crippen molar-refractivity contribution in [2.24, 2.45) is 0 Å². The fourth-order valence-electron chi connectivity index (χ4n) is 2.66. The summed E-state index contributed by atoms with van der Waals surface area (Å²) in [6, 6.07) is 17.0. The number of amides is 1. The van der Waals surface area contributed by atoms with E-state index in [0.29, 0.717) is 16.6 Å². The Labute approximate surface area is 166 Å². The number of rotatable bonds is 7. The number of nitrogens with one attached hydrogen (secondary N) is 2. The maximum atomic E-state index is 13.0. The monoisotopic (exact) mass is 397 g/mol. The van der Waals surface area contributed by atoms with Gasteiger partial charge in [0.25, 0.3) is 5.56 Å². The van der Waals surface area contributed by atoms with E-state index in [1.54, 1.807) is 12.1 Å². The van der Waals surface area contributed by atoms with Crippen molar-refractivity contribution >= 4 is 17.7 Å². The molecule has 0 saturated heterocycles. The minimum absolute atomic E-state index is 0.0190. The summed E-state index contributed by atoms with van der Waals surface area (Å²) < 4.78 is 13.0. The number of carbonyl (C=O) groups excluding carboxylic acids is 1. The third kappa shape index (κ3) is 5.79. The molecule has 5 nitrogen and oxygen atoms in total. The molecule has 0 unspecified atom stereocenters. The van der Waals surface area contributed by atoms with Crippen LogP contribution in [0.15, 0.2) is 70.6 Å². The van der Waals surface area contributed by atoms with Crippen molar-refractivity contribution in [3.63, 3.8) is 0 Å². The maximum Gasteiger partial charge on any atom is 0.251 e. The van der Waals surface area contributed by atoms with E-state index < -0.39 is 0 Å². The summed E-state index contributed by atoms with van der Waals surface area (Å²) in [5.74, 6) is 0.0335. The Morgan fingerprint density at radius 2 is 1.89 bits per heavy atom. The van der Waals surface area contributed by atoms with Gasteiger partial charge in [0.2, 0.25) is 5.91 Å². The highest BCUT2D eigenvalue weighted by Crippen LogP contribution is 2.19. The van der Waals surface area contributed by atoms with Gasteiger partial charge in [-0.3, -0.25) is 9.59 Å². The van der Waals surface area contributed by atoms with Crippen molar-refractivity contribution in [2.75, 3.05) is 0 Å². The summed E-state index contributed by atoms with van der Waals surface area (Å²) in [7, 11) is 0. The van der Waals surface area contributed by atoms with E-state index in [4.69, 9.17) is 0 Å². The van der Waals surface area contributed by atoms with Crippen molar-refractivity contribution in [1.82, 2.24) is 15.3 Å². The van der Waals surface area contributed by atoms with Crippen LogP contribution < -0.4 is 10.9 Å². The van der Waals surface area contributed by atoms with E-state index in [9.17, 15) is 14.0 Å². The van der Waals surface area contributed by atoms with E-state index in [0.717, 1.165) is 11.1 Å². The molecule has 0 aliphatic heterocycles. The van der Waals surface area contributed by atoms with E-state index in [1.165, 1.54) is 30.0 Å². The number of hydrogen-bond donors (Lipinski definition) is 2. The number of halogens is 1. The summed E-state index contributed by atoms with van der Waals surface area (Å²) in [4.78, 5) is 31.2. The van der Waals surface area contributed by atoms with Crippen LogP contribution in [0.2, 0.25) is 0 Å². The smallest absolute Gasteiger partial charge is 0.251 e. The third-order valence-corrected chi connectivity index (χ3v) is 5.03. The largest absolute Gasteiger partial charge is 0.349 e. The van der Waals surface area contributed by atoms with Gasteiger partial charge in [0, 0.05) is 11.8 Å². The number of hydrogen-bond acceptors (Lipinski definition) is 4. The topological polar surface area (TPSA) is 74.8 Å². The number of H-pyrrole nitrogens is 1. The van der Waals surface area contributed by atoms with Crippen LogP contribution in [-0.2, 0) is 17.0 Å². The molecule has 28 heavy (non-hydrogen) atoms. The summed E-state index contributed by atoms with van der Waals surface area (Å²) >= 11 is 1.32. The Balaban J connectivity index is 1.61. The molecule has 1 atom stereocenters. The first kappa shape index (κ1) is 19.8. The Morgan fingerprint density at radius 3 is 2.61 bits per heavy atom. The molecule has 3 aromatic rings. The molecule has 0 spiro atoms. The van der Waals surface area contributed by atoms with Crippen LogP contribution in [0.4, 0.5) is 4.39 Å². The fourth-order valence-corrected chi connectivity index (χ4v) is 3.51. The quantitative estimate of drug-likeness (QED) is 0.472. The highest BCUT2D eigenvalue weighted by molar-refractivity contribution is 7.98. The molecule has 1 heterocycles. The minimum Gasteiger partial charge on any atom is -0.349 e. The summed E-state index contributed by atoms with van der Waals surface area (Å²) in [6.45, 7) is 1.91. The van der Waals surface area contributed by atoms with Crippen molar-refractivity contribution in [1.29, 1.82) is 0 Å². The van der Waals surface area contributed by atoms with Gasteiger partial charge in [-0.2, -0.15) is 0 Å². The predicted molar refractivity (Wildman–Crippen MR) is 108 cm³/mol. The molecule has 1 amide bonds. The third-order valence-electron chi connectivity index (χ3n) is 4.08. The van der Waals surface area contributed by atoms with E-state index in [-0.39, 0.29) is 29.7 Å². The van der Waals surface area contributed by atoms with Gasteiger partial charge in [-0.1, -0.05) is 54.2 Å². The predicted octanol–water partition coefficient (Wildman–Crippen LogP) is 3.62. The van der Waals surface area contributed by atoms with Crippen molar-refractivity contribution < 1.29 is 9.18 Å². The zero-order chi connectivity index (χ0) is 19.9. The first-order valence-corrected chi connectivity index (χ1v) is 9.80. The molecule has 144 valence electrons. The molecule has 3 rings (SSSR count). The molecule has 0 bridgehead atoms. The van der Waals surface area contributed by atoms with Crippen LogP contribution in [-0.4, -0.2) is 15.9 Å². The van der Waals surface area contributed by atoms with Gasteiger partial charge in [-0.25, -0.2) is 9.37 Å². The molecule has 0 aliphatic carbocycles. The Bertz CT molecular complexity index is 991. The average molecular weight is 397 g/mol. The molecule has 2 aromatic carbocycles. The Kier molecular flexibility index (Phi) is 6.60. The number of aromatic amines is 1. The highest BCUT2D eigenvalue weighted by atomic mass is 32.2. The molecule has 0 saturated carbocycles. The minimum atomic E-state index is -0.310. The molecule has 7 heteroatoms. The van der Waals surface area contributed by atoms with Gasteiger partial charge in [0.15, 0.2) is 5.16 Å².